The Hall–Kier alpha value is -1.06. The fourth-order valence-corrected chi connectivity index (χ4v) is 5.57. The minimum Gasteiger partial charge on any atom is -0.508 e. The van der Waals surface area contributed by atoms with Gasteiger partial charge in [0.25, 0.3) is 0 Å². The Morgan fingerprint density at radius 1 is 1.24 bits per heavy atom. The SMILES string of the molecule is C[C@]12CC[C@H]3[C@@H](CC=C4C=C(O)C=C[C@@H]43)[C@@H]1CC(O)C2O. The molecule has 114 valence electrons. The predicted octanol–water partition coefficient (Wildman–Crippen LogP) is 2.72. The second-order valence-corrected chi connectivity index (χ2v) is 7.62. The van der Waals surface area contributed by atoms with Crippen molar-refractivity contribution in [2.75, 3.05) is 0 Å². The molecule has 21 heavy (non-hydrogen) atoms. The van der Waals surface area contributed by atoms with Gasteiger partial charge in [-0.05, 0) is 66.6 Å². The van der Waals surface area contributed by atoms with Crippen molar-refractivity contribution in [2.24, 2.45) is 29.1 Å². The molecule has 3 nitrogen and oxygen atoms in total. The van der Waals surface area contributed by atoms with E-state index in [1.54, 1.807) is 0 Å². The van der Waals surface area contributed by atoms with Crippen LogP contribution in [0.25, 0.3) is 0 Å². The van der Waals surface area contributed by atoms with E-state index in [0.717, 1.165) is 25.7 Å². The minimum absolute atomic E-state index is 0.123. The first-order chi connectivity index (χ1) is 10.0. The van der Waals surface area contributed by atoms with Crippen molar-refractivity contribution >= 4 is 0 Å². The van der Waals surface area contributed by atoms with E-state index in [2.05, 4.69) is 19.1 Å². The van der Waals surface area contributed by atoms with Crippen LogP contribution >= 0.6 is 0 Å². The molecule has 0 aromatic rings. The summed E-state index contributed by atoms with van der Waals surface area (Å²) in [6.45, 7) is 2.16. The van der Waals surface area contributed by atoms with Gasteiger partial charge in [-0.25, -0.2) is 0 Å². The van der Waals surface area contributed by atoms with E-state index < -0.39 is 12.2 Å². The van der Waals surface area contributed by atoms with E-state index in [0.29, 0.717) is 29.4 Å². The molecule has 3 heteroatoms. The highest BCUT2D eigenvalue weighted by Crippen LogP contribution is 2.60. The van der Waals surface area contributed by atoms with Crippen LogP contribution in [0, 0.1) is 29.1 Å². The van der Waals surface area contributed by atoms with E-state index in [9.17, 15) is 15.3 Å². The lowest BCUT2D eigenvalue weighted by atomic mass is 9.54. The van der Waals surface area contributed by atoms with Crippen molar-refractivity contribution < 1.29 is 15.3 Å². The van der Waals surface area contributed by atoms with E-state index in [1.807, 2.05) is 12.2 Å². The van der Waals surface area contributed by atoms with Crippen LogP contribution in [-0.4, -0.2) is 27.5 Å². The predicted molar refractivity (Wildman–Crippen MR) is 80.5 cm³/mol. The van der Waals surface area contributed by atoms with E-state index in [1.165, 1.54) is 5.57 Å². The molecule has 2 fully saturated rings. The van der Waals surface area contributed by atoms with Crippen LogP contribution in [-0.2, 0) is 0 Å². The second kappa shape index (κ2) is 4.47. The number of hydrogen-bond donors (Lipinski definition) is 3. The molecule has 0 aromatic carbocycles. The molecule has 0 heterocycles. The van der Waals surface area contributed by atoms with Gasteiger partial charge >= 0.3 is 0 Å². The molecule has 2 unspecified atom stereocenters. The summed E-state index contributed by atoms with van der Waals surface area (Å²) in [6, 6.07) is 0. The summed E-state index contributed by atoms with van der Waals surface area (Å²) < 4.78 is 0. The molecule has 4 rings (SSSR count). The molecular formula is C18H24O3. The van der Waals surface area contributed by atoms with Crippen LogP contribution in [0.1, 0.15) is 32.6 Å². The van der Waals surface area contributed by atoms with Gasteiger partial charge in [0.15, 0.2) is 0 Å². The molecule has 0 saturated heterocycles. The number of allylic oxidation sites excluding steroid dienone is 5. The molecule has 0 spiro atoms. The summed E-state index contributed by atoms with van der Waals surface area (Å²) in [5, 5.41) is 30.2. The maximum Gasteiger partial charge on any atom is 0.115 e. The second-order valence-electron chi connectivity index (χ2n) is 7.62. The highest BCUT2D eigenvalue weighted by atomic mass is 16.3. The van der Waals surface area contributed by atoms with E-state index in [-0.39, 0.29) is 5.41 Å². The van der Waals surface area contributed by atoms with Crippen molar-refractivity contribution in [2.45, 2.75) is 44.8 Å². The van der Waals surface area contributed by atoms with Crippen LogP contribution in [0.15, 0.2) is 35.6 Å². The largest absolute Gasteiger partial charge is 0.508 e. The summed E-state index contributed by atoms with van der Waals surface area (Å²) >= 11 is 0. The van der Waals surface area contributed by atoms with Crippen LogP contribution in [0.4, 0.5) is 0 Å². The summed E-state index contributed by atoms with van der Waals surface area (Å²) in [7, 11) is 0. The number of rotatable bonds is 0. The highest BCUT2D eigenvalue weighted by molar-refractivity contribution is 5.38. The summed E-state index contributed by atoms with van der Waals surface area (Å²) in [4.78, 5) is 0. The molecule has 0 aromatic heterocycles. The van der Waals surface area contributed by atoms with Crippen LogP contribution in [0.2, 0.25) is 0 Å². The number of aliphatic hydroxyl groups excluding tert-OH is 3. The zero-order valence-electron chi connectivity index (χ0n) is 12.4. The topological polar surface area (TPSA) is 60.7 Å². The van der Waals surface area contributed by atoms with Gasteiger partial charge in [0.2, 0.25) is 0 Å². The molecule has 4 aliphatic rings. The molecule has 7 atom stereocenters. The summed E-state index contributed by atoms with van der Waals surface area (Å²) in [6.07, 6.45) is 10.8. The van der Waals surface area contributed by atoms with Crippen molar-refractivity contribution in [1.29, 1.82) is 0 Å². The summed E-state index contributed by atoms with van der Waals surface area (Å²) in [5.41, 5.74) is 1.13. The Bertz CT molecular complexity index is 547. The smallest absolute Gasteiger partial charge is 0.115 e. The van der Waals surface area contributed by atoms with Gasteiger partial charge in [-0.3, -0.25) is 0 Å². The number of fused-ring (bicyclic) bond motifs is 5. The third-order valence-corrected chi connectivity index (χ3v) is 6.73. The van der Waals surface area contributed by atoms with Gasteiger partial charge in [-0.2, -0.15) is 0 Å². The Morgan fingerprint density at radius 3 is 2.86 bits per heavy atom. The highest BCUT2D eigenvalue weighted by Gasteiger charge is 2.58. The van der Waals surface area contributed by atoms with Gasteiger partial charge < -0.3 is 15.3 Å². The first-order valence-electron chi connectivity index (χ1n) is 8.16. The zero-order chi connectivity index (χ0) is 14.8. The molecule has 0 amide bonds. The minimum atomic E-state index is -0.570. The lowest BCUT2D eigenvalue weighted by Crippen LogP contribution is -2.46. The van der Waals surface area contributed by atoms with Crippen LogP contribution < -0.4 is 0 Å². The maximum atomic E-state index is 10.4. The Kier molecular flexibility index (Phi) is 2.89. The summed E-state index contributed by atoms with van der Waals surface area (Å²) in [5.74, 6) is 2.29. The molecule has 2 saturated carbocycles. The normalized spacial score (nSPS) is 51.6. The Balaban J connectivity index is 1.68. The van der Waals surface area contributed by atoms with Crippen LogP contribution in [0.3, 0.4) is 0 Å². The third-order valence-electron chi connectivity index (χ3n) is 6.73. The molecular weight excluding hydrogens is 264 g/mol. The lowest BCUT2D eigenvalue weighted by molar-refractivity contribution is -0.0611. The van der Waals surface area contributed by atoms with Crippen molar-refractivity contribution in [1.82, 2.24) is 0 Å². The van der Waals surface area contributed by atoms with Gasteiger partial charge in [-0.1, -0.05) is 19.1 Å². The van der Waals surface area contributed by atoms with Gasteiger partial charge in [0.05, 0.1) is 12.2 Å². The van der Waals surface area contributed by atoms with Gasteiger partial charge in [0, 0.05) is 5.92 Å². The molecule has 4 aliphatic carbocycles. The first-order valence-corrected chi connectivity index (χ1v) is 8.16. The van der Waals surface area contributed by atoms with Crippen molar-refractivity contribution in [3.8, 4) is 0 Å². The van der Waals surface area contributed by atoms with Gasteiger partial charge in [-0.15, -0.1) is 0 Å². The first kappa shape index (κ1) is 13.6. The molecule has 0 radical (unpaired) electrons. The molecule has 0 bridgehead atoms. The quantitative estimate of drug-likeness (QED) is 0.642. The average Bonchev–Trinajstić information content (AvgIpc) is 2.70. The van der Waals surface area contributed by atoms with E-state index in [4.69, 9.17) is 0 Å². The van der Waals surface area contributed by atoms with E-state index >= 15 is 0 Å². The third kappa shape index (κ3) is 1.80. The number of hydrogen-bond acceptors (Lipinski definition) is 3. The fraction of sp³-hybridized carbons (Fsp3) is 0.667. The van der Waals surface area contributed by atoms with Crippen LogP contribution in [0.5, 0.6) is 0 Å². The average molecular weight is 288 g/mol. The zero-order valence-corrected chi connectivity index (χ0v) is 12.4. The van der Waals surface area contributed by atoms with Crippen molar-refractivity contribution in [3.05, 3.63) is 35.6 Å². The Morgan fingerprint density at radius 2 is 2.05 bits per heavy atom. The maximum absolute atomic E-state index is 10.4. The molecule has 0 aliphatic heterocycles. The number of aliphatic hydroxyl groups is 3. The molecule has 3 N–H and O–H groups in total. The Labute approximate surface area is 125 Å². The van der Waals surface area contributed by atoms with Gasteiger partial charge in [0.1, 0.15) is 5.76 Å². The lowest BCUT2D eigenvalue weighted by Gasteiger charge is -2.51. The van der Waals surface area contributed by atoms with Crippen molar-refractivity contribution in [3.63, 3.8) is 0 Å². The monoisotopic (exact) mass is 288 g/mol. The fourth-order valence-electron chi connectivity index (χ4n) is 5.57. The standard InChI is InChI=1S/C18H24O3/c1-18-7-6-13-12-5-3-11(19)8-10(12)2-4-14(13)15(18)9-16(20)17(18)21/h2-3,5,8,12-17,19-21H,4,6-7,9H2,1H3/t12-,13+,14+,15-,16?,17?,18-/m0/s1.